The third-order valence-electron chi connectivity index (χ3n) is 2.84. The van der Waals surface area contributed by atoms with Gasteiger partial charge in [-0.3, -0.25) is 4.79 Å². The summed E-state index contributed by atoms with van der Waals surface area (Å²) in [5.74, 6) is -0.737. The Labute approximate surface area is 70.9 Å². The third kappa shape index (κ3) is 1.21. The molecule has 2 saturated heterocycles. The Morgan fingerprint density at radius 3 is 3.00 bits per heavy atom. The maximum atomic E-state index is 10.6. The zero-order valence-corrected chi connectivity index (χ0v) is 6.88. The largest absolute Gasteiger partial charge is 0.480 e. The summed E-state index contributed by atoms with van der Waals surface area (Å²) in [6.45, 7) is 2.31. The second-order valence-electron chi connectivity index (χ2n) is 3.78. The summed E-state index contributed by atoms with van der Waals surface area (Å²) in [4.78, 5) is 10.6. The highest BCUT2D eigenvalue weighted by Crippen LogP contribution is 2.36. The monoisotopic (exact) mass is 171 g/mol. The molecule has 2 atom stereocenters. The summed E-state index contributed by atoms with van der Waals surface area (Å²) in [5, 5.41) is 11.8. The molecule has 4 heteroatoms. The van der Waals surface area contributed by atoms with Gasteiger partial charge in [0, 0.05) is 18.6 Å². The normalized spacial score (nSPS) is 40.8. The number of nitrogens with one attached hydrogen (secondary N) is 1. The van der Waals surface area contributed by atoms with Crippen LogP contribution in [0.3, 0.4) is 0 Å². The minimum atomic E-state index is -0.737. The van der Waals surface area contributed by atoms with Crippen molar-refractivity contribution in [3.63, 3.8) is 0 Å². The quantitative estimate of drug-likeness (QED) is 0.575. The molecule has 0 aromatic heterocycles. The average Bonchev–Trinajstić information content (AvgIpc) is 2.62. The van der Waals surface area contributed by atoms with Gasteiger partial charge >= 0.3 is 5.97 Å². The van der Waals surface area contributed by atoms with Crippen molar-refractivity contribution < 1.29 is 14.6 Å². The van der Waals surface area contributed by atoms with Crippen LogP contribution in [-0.2, 0) is 9.53 Å². The van der Waals surface area contributed by atoms with Crippen LogP contribution in [0.2, 0.25) is 0 Å². The van der Waals surface area contributed by atoms with Gasteiger partial charge in [-0.1, -0.05) is 0 Å². The SMILES string of the molecule is O=C(O)C1CC2(CCOC2)CN1. The van der Waals surface area contributed by atoms with E-state index < -0.39 is 5.97 Å². The maximum absolute atomic E-state index is 10.6. The summed E-state index contributed by atoms with van der Waals surface area (Å²) in [5.41, 5.74) is 0.128. The summed E-state index contributed by atoms with van der Waals surface area (Å²) >= 11 is 0. The van der Waals surface area contributed by atoms with E-state index in [4.69, 9.17) is 9.84 Å². The smallest absolute Gasteiger partial charge is 0.320 e. The van der Waals surface area contributed by atoms with Gasteiger partial charge in [0.2, 0.25) is 0 Å². The number of ether oxygens (including phenoxy) is 1. The minimum absolute atomic E-state index is 0.128. The topological polar surface area (TPSA) is 58.6 Å². The molecule has 2 rings (SSSR count). The van der Waals surface area contributed by atoms with E-state index in [2.05, 4.69) is 5.32 Å². The van der Waals surface area contributed by atoms with Gasteiger partial charge in [-0.25, -0.2) is 0 Å². The molecule has 4 nitrogen and oxygen atoms in total. The second kappa shape index (κ2) is 2.71. The molecular formula is C8H13NO3. The molecule has 2 N–H and O–H groups in total. The van der Waals surface area contributed by atoms with Gasteiger partial charge in [-0.15, -0.1) is 0 Å². The molecule has 0 radical (unpaired) electrons. The molecule has 2 unspecified atom stereocenters. The van der Waals surface area contributed by atoms with Crippen LogP contribution in [0.4, 0.5) is 0 Å². The van der Waals surface area contributed by atoms with Crippen molar-refractivity contribution in [3.05, 3.63) is 0 Å². The molecule has 0 bridgehead atoms. The molecule has 68 valence electrons. The van der Waals surface area contributed by atoms with E-state index in [9.17, 15) is 4.79 Å². The average molecular weight is 171 g/mol. The molecule has 2 fully saturated rings. The van der Waals surface area contributed by atoms with Gasteiger partial charge in [0.25, 0.3) is 0 Å². The Morgan fingerprint density at radius 2 is 2.50 bits per heavy atom. The highest BCUT2D eigenvalue weighted by atomic mass is 16.5. The van der Waals surface area contributed by atoms with E-state index in [1.165, 1.54) is 0 Å². The molecule has 0 amide bonds. The van der Waals surface area contributed by atoms with Crippen molar-refractivity contribution in [2.24, 2.45) is 5.41 Å². The fourth-order valence-corrected chi connectivity index (χ4v) is 2.04. The van der Waals surface area contributed by atoms with Gasteiger partial charge in [-0.05, 0) is 12.8 Å². The molecule has 12 heavy (non-hydrogen) atoms. The second-order valence-corrected chi connectivity index (χ2v) is 3.78. The van der Waals surface area contributed by atoms with Crippen LogP contribution >= 0.6 is 0 Å². The van der Waals surface area contributed by atoms with Crippen molar-refractivity contribution in [2.75, 3.05) is 19.8 Å². The van der Waals surface area contributed by atoms with E-state index in [1.807, 2.05) is 0 Å². The van der Waals surface area contributed by atoms with Crippen LogP contribution in [0.5, 0.6) is 0 Å². The van der Waals surface area contributed by atoms with E-state index in [1.54, 1.807) is 0 Å². The zero-order valence-electron chi connectivity index (χ0n) is 6.88. The molecule has 1 spiro atoms. The van der Waals surface area contributed by atoms with E-state index >= 15 is 0 Å². The van der Waals surface area contributed by atoms with E-state index in [-0.39, 0.29) is 11.5 Å². The fraction of sp³-hybridized carbons (Fsp3) is 0.875. The van der Waals surface area contributed by atoms with Crippen LogP contribution in [0, 0.1) is 5.41 Å². The Bertz CT molecular complexity index is 198. The van der Waals surface area contributed by atoms with Crippen LogP contribution in [0.25, 0.3) is 0 Å². The number of rotatable bonds is 1. The van der Waals surface area contributed by atoms with Crippen LogP contribution in [-0.4, -0.2) is 36.9 Å². The lowest BCUT2D eigenvalue weighted by Gasteiger charge is -2.18. The molecule has 0 saturated carbocycles. The Balaban J connectivity index is 2.01. The van der Waals surface area contributed by atoms with Gasteiger partial charge in [0.1, 0.15) is 6.04 Å². The molecule has 2 heterocycles. The molecule has 2 aliphatic heterocycles. The summed E-state index contributed by atoms with van der Waals surface area (Å²) in [6.07, 6.45) is 1.73. The van der Waals surface area contributed by atoms with Crippen LogP contribution in [0.15, 0.2) is 0 Å². The first-order valence-corrected chi connectivity index (χ1v) is 4.26. The molecule has 0 aromatic carbocycles. The maximum Gasteiger partial charge on any atom is 0.320 e. The van der Waals surface area contributed by atoms with Gasteiger partial charge in [-0.2, -0.15) is 0 Å². The highest BCUT2D eigenvalue weighted by Gasteiger charge is 2.44. The number of aliphatic carboxylic acids is 1. The summed E-state index contributed by atoms with van der Waals surface area (Å²) < 4.78 is 5.28. The minimum Gasteiger partial charge on any atom is -0.480 e. The number of hydrogen-bond donors (Lipinski definition) is 2. The fourth-order valence-electron chi connectivity index (χ4n) is 2.04. The third-order valence-corrected chi connectivity index (χ3v) is 2.84. The molecule has 0 aliphatic carbocycles. The van der Waals surface area contributed by atoms with Crippen LogP contribution in [0.1, 0.15) is 12.8 Å². The first-order chi connectivity index (χ1) is 5.72. The first kappa shape index (κ1) is 8.01. The van der Waals surface area contributed by atoms with Crippen molar-refractivity contribution >= 4 is 5.97 Å². The Morgan fingerprint density at radius 1 is 1.67 bits per heavy atom. The Kier molecular flexibility index (Phi) is 1.81. The molecular weight excluding hydrogens is 158 g/mol. The van der Waals surface area contributed by atoms with Gasteiger partial charge in [0.05, 0.1) is 6.61 Å². The predicted molar refractivity (Wildman–Crippen MR) is 41.9 cm³/mol. The zero-order chi connectivity index (χ0) is 8.60. The van der Waals surface area contributed by atoms with Crippen molar-refractivity contribution in [3.8, 4) is 0 Å². The molecule has 0 aromatic rings. The van der Waals surface area contributed by atoms with Crippen molar-refractivity contribution in [1.29, 1.82) is 0 Å². The lowest BCUT2D eigenvalue weighted by Crippen LogP contribution is -2.30. The summed E-state index contributed by atoms with van der Waals surface area (Å²) in [6, 6.07) is -0.355. The lowest BCUT2D eigenvalue weighted by molar-refractivity contribution is -0.139. The number of hydrogen-bond acceptors (Lipinski definition) is 3. The van der Waals surface area contributed by atoms with Gasteiger partial charge in [0.15, 0.2) is 0 Å². The van der Waals surface area contributed by atoms with Crippen LogP contribution < -0.4 is 5.32 Å². The molecule has 2 aliphatic rings. The number of carboxylic acid groups (broad SMARTS) is 1. The predicted octanol–water partition coefficient (Wildman–Crippen LogP) is -0.160. The van der Waals surface area contributed by atoms with Crippen molar-refractivity contribution in [1.82, 2.24) is 5.32 Å². The summed E-state index contributed by atoms with van der Waals surface area (Å²) in [7, 11) is 0. The standard InChI is InChI=1S/C8H13NO3/c10-7(11)6-3-8(4-9-6)1-2-12-5-8/h6,9H,1-5H2,(H,10,11). The highest BCUT2D eigenvalue weighted by molar-refractivity contribution is 5.74. The van der Waals surface area contributed by atoms with E-state index in [0.29, 0.717) is 0 Å². The number of carbonyl (C=O) groups is 1. The van der Waals surface area contributed by atoms with E-state index in [0.717, 1.165) is 32.6 Å². The van der Waals surface area contributed by atoms with Crippen molar-refractivity contribution in [2.45, 2.75) is 18.9 Å². The Hall–Kier alpha value is -0.610. The lowest BCUT2D eigenvalue weighted by atomic mass is 9.85. The number of carboxylic acids is 1. The van der Waals surface area contributed by atoms with Gasteiger partial charge < -0.3 is 15.2 Å². The first-order valence-electron chi connectivity index (χ1n) is 4.26.